The third-order valence-electron chi connectivity index (χ3n) is 2.84. The molecule has 0 aromatic rings. The van der Waals surface area contributed by atoms with Gasteiger partial charge in [-0.25, -0.2) is 4.79 Å². The molecule has 0 aromatic carbocycles. The SMILES string of the molecule is COCCC1(CNC(=O)NC(C)C)CC1. The highest BCUT2D eigenvalue weighted by molar-refractivity contribution is 5.74. The van der Waals surface area contributed by atoms with Crippen LogP contribution in [0.2, 0.25) is 0 Å². The van der Waals surface area contributed by atoms with Gasteiger partial charge in [-0.1, -0.05) is 0 Å². The minimum atomic E-state index is -0.0614. The summed E-state index contributed by atoms with van der Waals surface area (Å²) in [5.74, 6) is 0. The summed E-state index contributed by atoms with van der Waals surface area (Å²) in [6, 6.07) is 0.132. The van der Waals surface area contributed by atoms with E-state index in [0.717, 1.165) is 19.6 Å². The van der Waals surface area contributed by atoms with Crippen LogP contribution in [0.4, 0.5) is 4.79 Å². The molecule has 2 N–H and O–H groups in total. The highest BCUT2D eigenvalue weighted by Crippen LogP contribution is 2.48. The Morgan fingerprint density at radius 2 is 2.13 bits per heavy atom. The largest absolute Gasteiger partial charge is 0.385 e. The van der Waals surface area contributed by atoms with Crippen LogP contribution in [0.3, 0.4) is 0 Å². The molecule has 1 fully saturated rings. The summed E-state index contributed by atoms with van der Waals surface area (Å²) >= 11 is 0. The number of carbonyl (C=O) groups excluding carboxylic acids is 1. The number of ether oxygens (including phenoxy) is 1. The molecule has 4 heteroatoms. The van der Waals surface area contributed by atoms with Gasteiger partial charge >= 0.3 is 6.03 Å². The molecular formula is C11H22N2O2. The number of nitrogens with one attached hydrogen (secondary N) is 2. The molecule has 2 amide bonds. The monoisotopic (exact) mass is 214 g/mol. The van der Waals surface area contributed by atoms with Gasteiger partial charge in [0, 0.05) is 26.3 Å². The maximum Gasteiger partial charge on any atom is 0.315 e. The van der Waals surface area contributed by atoms with Crippen LogP contribution in [-0.4, -0.2) is 32.3 Å². The van der Waals surface area contributed by atoms with Crippen molar-refractivity contribution in [2.24, 2.45) is 5.41 Å². The first kappa shape index (κ1) is 12.3. The number of urea groups is 1. The lowest BCUT2D eigenvalue weighted by Crippen LogP contribution is -2.42. The summed E-state index contributed by atoms with van der Waals surface area (Å²) in [7, 11) is 1.72. The van der Waals surface area contributed by atoms with Crippen LogP contribution >= 0.6 is 0 Å². The predicted molar refractivity (Wildman–Crippen MR) is 59.8 cm³/mol. The lowest BCUT2D eigenvalue weighted by atomic mass is 10.0. The summed E-state index contributed by atoms with van der Waals surface area (Å²) in [5, 5.41) is 5.74. The number of hydrogen-bond donors (Lipinski definition) is 2. The van der Waals surface area contributed by atoms with E-state index in [1.54, 1.807) is 7.11 Å². The van der Waals surface area contributed by atoms with Crippen LogP contribution in [0.5, 0.6) is 0 Å². The normalized spacial score (nSPS) is 17.6. The van der Waals surface area contributed by atoms with Gasteiger partial charge in [-0.05, 0) is 38.5 Å². The molecule has 0 bridgehead atoms. The fourth-order valence-electron chi connectivity index (χ4n) is 1.59. The zero-order valence-electron chi connectivity index (χ0n) is 9.93. The maximum atomic E-state index is 11.3. The number of amides is 2. The van der Waals surface area contributed by atoms with Crippen molar-refractivity contribution >= 4 is 6.03 Å². The molecule has 1 rings (SSSR count). The first-order valence-corrected chi connectivity index (χ1v) is 5.61. The van der Waals surface area contributed by atoms with E-state index in [9.17, 15) is 4.79 Å². The third kappa shape index (κ3) is 4.51. The summed E-state index contributed by atoms with van der Waals surface area (Å²) in [4.78, 5) is 11.3. The van der Waals surface area contributed by atoms with E-state index in [-0.39, 0.29) is 12.1 Å². The average Bonchev–Trinajstić information content (AvgIpc) is 2.92. The zero-order valence-corrected chi connectivity index (χ0v) is 9.93. The molecule has 0 saturated heterocycles. The lowest BCUT2D eigenvalue weighted by Gasteiger charge is -2.16. The Labute approximate surface area is 91.8 Å². The fourth-order valence-corrected chi connectivity index (χ4v) is 1.59. The molecule has 1 saturated carbocycles. The van der Waals surface area contributed by atoms with Crippen molar-refractivity contribution in [1.29, 1.82) is 0 Å². The van der Waals surface area contributed by atoms with Crippen molar-refractivity contribution in [3.8, 4) is 0 Å². The third-order valence-corrected chi connectivity index (χ3v) is 2.84. The van der Waals surface area contributed by atoms with Gasteiger partial charge in [-0.3, -0.25) is 0 Å². The number of hydrogen-bond acceptors (Lipinski definition) is 2. The van der Waals surface area contributed by atoms with Crippen LogP contribution in [0.1, 0.15) is 33.1 Å². The van der Waals surface area contributed by atoms with E-state index in [1.165, 1.54) is 12.8 Å². The number of carbonyl (C=O) groups is 1. The van der Waals surface area contributed by atoms with Crippen LogP contribution in [-0.2, 0) is 4.74 Å². The molecule has 0 radical (unpaired) electrons. The highest BCUT2D eigenvalue weighted by atomic mass is 16.5. The molecule has 1 aliphatic carbocycles. The molecule has 0 heterocycles. The van der Waals surface area contributed by atoms with E-state index in [0.29, 0.717) is 5.41 Å². The van der Waals surface area contributed by atoms with Crippen molar-refractivity contribution in [3.05, 3.63) is 0 Å². The Morgan fingerprint density at radius 1 is 1.47 bits per heavy atom. The molecule has 15 heavy (non-hydrogen) atoms. The lowest BCUT2D eigenvalue weighted by molar-refractivity contribution is 0.171. The molecule has 4 nitrogen and oxygen atoms in total. The highest BCUT2D eigenvalue weighted by Gasteiger charge is 2.42. The standard InChI is InChI=1S/C11H22N2O2/c1-9(2)13-10(14)12-8-11(4-5-11)6-7-15-3/h9H,4-8H2,1-3H3,(H2,12,13,14). The zero-order chi connectivity index (χ0) is 11.3. The predicted octanol–water partition coefficient (Wildman–Crippen LogP) is 1.51. The van der Waals surface area contributed by atoms with Crippen LogP contribution < -0.4 is 10.6 Å². The van der Waals surface area contributed by atoms with Crippen LogP contribution in [0, 0.1) is 5.41 Å². The van der Waals surface area contributed by atoms with Gasteiger partial charge < -0.3 is 15.4 Å². The fraction of sp³-hybridized carbons (Fsp3) is 0.909. The van der Waals surface area contributed by atoms with Crippen LogP contribution in [0.15, 0.2) is 0 Å². The second kappa shape index (κ2) is 5.35. The van der Waals surface area contributed by atoms with Gasteiger partial charge in [0.2, 0.25) is 0 Å². The summed E-state index contributed by atoms with van der Waals surface area (Å²) < 4.78 is 5.06. The van der Waals surface area contributed by atoms with E-state index in [4.69, 9.17) is 4.74 Å². The van der Waals surface area contributed by atoms with E-state index in [1.807, 2.05) is 13.8 Å². The molecule has 88 valence electrons. The second-order valence-corrected chi connectivity index (χ2v) is 4.72. The topological polar surface area (TPSA) is 50.4 Å². The molecular weight excluding hydrogens is 192 g/mol. The van der Waals surface area contributed by atoms with Crippen molar-refractivity contribution in [1.82, 2.24) is 10.6 Å². The van der Waals surface area contributed by atoms with E-state index in [2.05, 4.69) is 10.6 Å². The Morgan fingerprint density at radius 3 is 2.60 bits per heavy atom. The minimum Gasteiger partial charge on any atom is -0.385 e. The Hall–Kier alpha value is -0.770. The second-order valence-electron chi connectivity index (χ2n) is 4.72. The summed E-state index contributed by atoms with van der Waals surface area (Å²) in [5.41, 5.74) is 0.324. The Kier molecular flexibility index (Phi) is 4.39. The van der Waals surface area contributed by atoms with Crippen molar-refractivity contribution < 1.29 is 9.53 Å². The van der Waals surface area contributed by atoms with Crippen LogP contribution in [0.25, 0.3) is 0 Å². The first-order chi connectivity index (χ1) is 7.08. The van der Waals surface area contributed by atoms with E-state index < -0.39 is 0 Å². The first-order valence-electron chi connectivity index (χ1n) is 5.61. The van der Waals surface area contributed by atoms with Gasteiger partial charge in [0.1, 0.15) is 0 Å². The molecule has 0 spiro atoms. The Balaban J connectivity index is 2.16. The minimum absolute atomic E-state index is 0.0614. The summed E-state index contributed by atoms with van der Waals surface area (Å²) in [6.45, 7) is 5.47. The number of rotatable bonds is 6. The number of methoxy groups -OCH3 is 1. The van der Waals surface area contributed by atoms with Gasteiger partial charge in [0.25, 0.3) is 0 Å². The molecule has 0 aliphatic heterocycles. The Bertz CT molecular complexity index is 213. The van der Waals surface area contributed by atoms with Crippen molar-refractivity contribution in [2.75, 3.05) is 20.3 Å². The maximum absolute atomic E-state index is 11.3. The van der Waals surface area contributed by atoms with Gasteiger partial charge in [0.15, 0.2) is 0 Å². The molecule has 0 unspecified atom stereocenters. The van der Waals surface area contributed by atoms with E-state index >= 15 is 0 Å². The van der Waals surface area contributed by atoms with Crippen molar-refractivity contribution in [3.63, 3.8) is 0 Å². The quantitative estimate of drug-likeness (QED) is 0.704. The molecule has 0 aromatic heterocycles. The van der Waals surface area contributed by atoms with Gasteiger partial charge in [-0.2, -0.15) is 0 Å². The summed E-state index contributed by atoms with van der Waals surface area (Å²) in [6.07, 6.45) is 3.46. The smallest absolute Gasteiger partial charge is 0.315 e. The van der Waals surface area contributed by atoms with Gasteiger partial charge in [0.05, 0.1) is 0 Å². The van der Waals surface area contributed by atoms with Crippen molar-refractivity contribution in [2.45, 2.75) is 39.2 Å². The average molecular weight is 214 g/mol. The van der Waals surface area contributed by atoms with Gasteiger partial charge in [-0.15, -0.1) is 0 Å². The molecule has 1 aliphatic rings. The molecule has 0 atom stereocenters.